The molecular formula is C7H12O4S. The quantitative estimate of drug-likeness (QED) is 0.694. The van der Waals surface area contributed by atoms with Crippen molar-refractivity contribution in [2.45, 2.75) is 19.3 Å². The molecule has 0 spiro atoms. The van der Waals surface area contributed by atoms with Gasteiger partial charge in [0.15, 0.2) is 9.84 Å². The van der Waals surface area contributed by atoms with Crippen molar-refractivity contribution in [1.82, 2.24) is 0 Å². The molecule has 1 saturated carbocycles. The zero-order chi connectivity index (χ0) is 9.19. The Morgan fingerprint density at radius 1 is 1.42 bits per heavy atom. The highest BCUT2D eigenvalue weighted by molar-refractivity contribution is 7.92. The summed E-state index contributed by atoms with van der Waals surface area (Å²) in [5.41, 5.74) is 0. The number of carbonyl (C=O) groups is 1. The second-order valence-electron chi connectivity index (χ2n) is 3.25. The molecule has 1 aliphatic rings. The molecule has 0 heterocycles. The fourth-order valence-electron chi connectivity index (χ4n) is 1.27. The standard InChI is InChI=1S/C7H12O4S/c8-7(9)5-12(10,11)4-6-2-1-3-6/h6H,1-5H2,(H,8,9). The molecule has 1 rings (SSSR count). The molecule has 4 nitrogen and oxygen atoms in total. The lowest BCUT2D eigenvalue weighted by molar-refractivity contribution is -0.134. The number of aliphatic carboxylic acids is 1. The van der Waals surface area contributed by atoms with Crippen LogP contribution in [0.3, 0.4) is 0 Å². The van der Waals surface area contributed by atoms with E-state index < -0.39 is 21.6 Å². The zero-order valence-corrected chi connectivity index (χ0v) is 7.51. The molecule has 0 unspecified atom stereocenters. The van der Waals surface area contributed by atoms with Crippen molar-refractivity contribution in [2.24, 2.45) is 5.92 Å². The molecule has 0 aromatic carbocycles. The Morgan fingerprint density at radius 3 is 2.33 bits per heavy atom. The van der Waals surface area contributed by atoms with Crippen LogP contribution >= 0.6 is 0 Å². The van der Waals surface area contributed by atoms with Crippen molar-refractivity contribution >= 4 is 15.8 Å². The first-order valence-electron chi connectivity index (χ1n) is 3.92. The normalized spacial score (nSPS) is 18.7. The van der Waals surface area contributed by atoms with Crippen LogP contribution in [0, 0.1) is 5.92 Å². The van der Waals surface area contributed by atoms with Gasteiger partial charge in [0, 0.05) is 0 Å². The monoisotopic (exact) mass is 192 g/mol. The largest absolute Gasteiger partial charge is 0.480 e. The number of rotatable bonds is 4. The van der Waals surface area contributed by atoms with E-state index in [1.807, 2.05) is 0 Å². The molecule has 1 N–H and O–H groups in total. The van der Waals surface area contributed by atoms with Gasteiger partial charge in [-0.3, -0.25) is 4.79 Å². The van der Waals surface area contributed by atoms with Crippen molar-refractivity contribution in [1.29, 1.82) is 0 Å². The first-order chi connectivity index (χ1) is 5.49. The summed E-state index contributed by atoms with van der Waals surface area (Å²) < 4.78 is 22.1. The Labute approximate surface area is 71.5 Å². The van der Waals surface area contributed by atoms with Gasteiger partial charge in [0.1, 0.15) is 5.75 Å². The van der Waals surface area contributed by atoms with Crippen molar-refractivity contribution < 1.29 is 18.3 Å². The van der Waals surface area contributed by atoms with E-state index in [1.165, 1.54) is 0 Å². The second-order valence-corrected chi connectivity index (χ2v) is 5.35. The summed E-state index contributed by atoms with van der Waals surface area (Å²) in [5, 5.41) is 8.27. The maximum atomic E-state index is 11.1. The zero-order valence-electron chi connectivity index (χ0n) is 6.69. The Morgan fingerprint density at radius 2 is 2.00 bits per heavy atom. The number of carboxylic acids is 1. The van der Waals surface area contributed by atoms with Gasteiger partial charge in [0.25, 0.3) is 0 Å². The van der Waals surface area contributed by atoms with E-state index in [1.54, 1.807) is 0 Å². The van der Waals surface area contributed by atoms with E-state index in [0.717, 1.165) is 19.3 Å². The lowest BCUT2D eigenvalue weighted by atomic mass is 9.87. The molecular weight excluding hydrogens is 180 g/mol. The van der Waals surface area contributed by atoms with Crippen LogP contribution < -0.4 is 0 Å². The minimum absolute atomic E-state index is 0.0549. The predicted molar refractivity (Wildman–Crippen MR) is 43.6 cm³/mol. The highest BCUT2D eigenvalue weighted by Crippen LogP contribution is 2.27. The fraction of sp³-hybridized carbons (Fsp3) is 0.857. The smallest absolute Gasteiger partial charge is 0.318 e. The maximum absolute atomic E-state index is 11.1. The molecule has 0 aromatic heterocycles. The van der Waals surface area contributed by atoms with Gasteiger partial charge in [0.05, 0.1) is 5.75 Å². The van der Waals surface area contributed by atoms with Gasteiger partial charge in [0.2, 0.25) is 0 Å². The Hall–Kier alpha value is -0.580. The minimum atomic E-state index is -3.34. The second kappa shape index (κ2) is 3.43. The van der Waals surface area contributed by atoms with Crippen LogP contribution in [0.2, 0.25) is 0 Å². The molecule has 1 aliphatic carbocycles. The molecule has 0 radical (unpaired) electrons. The van der Waals surface area contributed by atoms with Gasteiger partial charge in [-0.15, -0.1) is 0 Å². The summed E-state index contributed by atoms with van der Waals surface area (Å²) in [6, 6.07) is 0. The van der Waals surface area contributed by atoms with E-state index >= 15 is 0 Å². The summed E-state index contributed by atoms with van der Waals surface area (Å²) in [6.45, 7) is 0. The van der Waals surface area contributed by atoms with Gasteiger partial charge < -0.3 is 5.11 Å². The molecule has 0 aliphatic heterocycles. The molecule has 12 heavy (non-hydrogen) atoms. The van der Waals surface area contributed by atoms with Gasteiger partial charge in [-0.1, -0.05) is 6.42 Å². The van der Waals surface area contributed by atoms with Crippen LogP contribution in [0.5, 0.6) is 0 Å². The summed E-state index contributed by atoms with van der Waals surface area (Å²) in [7, 11) is -3.34. The molecule has 0 saturated heterocycles. The van der Waals surface area contributed by atoms with Crippen molar-refractivity contribution in [3.63, 3.8) is 0 Å². The average Bonchev–Trinajstić information content (AvgIpc) is 1.76. The van der Waals surface area contributed by atoms with Crippen LogP contribution in [-0.4, -0.2) is 31.0 Å². The molecule has 0 amide bonds. The van der Waals surface area contributed by atoms with E-state index in [0.29, 0.717) is 0 Å². The van der Waals surface area contributed by atoms with Crippen LogP contribution in [0.25, 0.3) is 0 Å². The number of hydrogen-bond acceptors (Lipinski definition) is 3. The Kier molecular flexibility index (Phi) is 2.72. The molecule has 5 heteroatoms. The third kappa shape index (κ3) is 2.81. The predicted octanol–water partition coefficient (Wildman–Crippen LogP) is 0.286. The van der Waals surface area contributed by atoms with E-state index in [-0.39, 0.29) is 11.7 Å². The fourth-order valence-corrected chi connectivity index (χ4v) is 2.81. The topological polar surface area (TPSA) is 71.4 Å². The van der Waals surface area contributed by atoms with Gasteiger partial charge in [-0.2, -0.15) is 0 Å². The van der Waals surface area contributed by atoms with Gasteiger partial charge >= 0.3 is 5.97 Å². The lowest BCUT2D eigenvalue weighted by Crippen LogP contribution is -2.26. The minimum Gasteiger partial charge on any atom is -0.480 e. The molecule has 0 bridgehead atoms. The maximum Gasteiger partial charge on any atom is 0.318 e. The van der Waals surface area contributed by atoms with Crippen molar-refractivity contribution in [3.05, 3.63) is 0 Å². The third-order valence-electron chi connectivity index (χ3n) is 2.06. The molecule has 0 atom stereocenters. The van der Waals surface area contributed by atoms with Crippen LogP contribution in [0.15, 0.2) is 0 Å². The van der Waals surface area contributed by atoms with Crippen LogP contribution in [-0.2, 0) is 14.6 Å². The Balaban J connectivity index is 2.42. The molecule has 1 fully saturated rings. The summed E-state index contributed by atoms with van der Waals surface area (Å²) in [6.07, 6.45) is 2.94. The third-order valence-corrected chi connectivity index (χ3v) is 3.72. The average molecular weight is 192 g/mol. The highest BCUT2D eigenvalue weighted by Gasteiger charge is 2.25. The van der Waals surface area contributed by atoms with Crippen molar-refractivity contribution in [2.75, 3.05) is 11.5 Å². The number of hydrogen-bond donors (Lipinski definition) is 1. The Bertz CT molecular complexity index is 263. The summed E-state index contributed by atoms with van der Waals surface area (Å²) >= 11 is 0. The van der Waals surface area contributed by atoms with Gasteiger partial charge in [-0.25, -0.2) is 8.42 Å². The summed E-state index contributed by atoms with van der Waals surface area (Å²) in [4.78, 5) is 10.1. The lowest BCUT2D eigenvalue weighted by Gasteiger charge is -2.24. The SMILES string of the molecule is O=C(O)CS(=O)(=O)CC1CCC1. The summed E-state index contributed by atoms with van der Waals surface area (Å²) in [5.74, 6) is -1.70. The van der Waals surface area contributed by atoms with Crippen molar-refractivity contribution in [3.8, 4) is 0 Å². The van der Waals surface area contributed by atoms with Crippen LogP contribution in [0.1, 0.15) is 19.3 Å². The van der Waals surface area contributed by atoms with E-state index in [4.69, 9.17) is 5.11 Å². The molecule has 70 valence electrons. The highest BCUT2D eigenvalue weighted by atomic mass is 32.2. The first kappa shape index (κ1) is 9.51. The number of carboxylic acid groups (broad SMARTS) is 1. The van der Waals surface area contributed by atoms with Gasteiger partial charge in [-0.05, 0) is 18.8 Å². The number of sulfone groups is 1. The first-order valence-corrected chi connectivity index (χ1v) is 5.74. The van der Waals surface area contributed by atoms with Crippen LogP contribution in [0.4, 0.5) is 0 Å². The molecule has 0 aromatic rings. The van der Waals surface area contributed by atoms with E-state index in [2.05, 4.69) is 0 Å². The van der Waals surface area contributed by atoms with E-state index in [9.17, 15) is 13.2 Å².